The monoisotopic (exact) mass is 293 g/mol. The van der Waals surface area contributed by atoms with Crippen molar-refractivity contribution in [3.8, 4) is 0 Å². The van der Waals surface area contributed by atoms with Gasteiger partial charge in [0.25, 0.3) is 5.69 Å². The van der Waals surface area contributed by atoms with Crippen molar-refractivity contribution in [3.05, 3.63) is 80.9 Å². The number of benzene rings is 2. The summed E-state index contributed by atoms with van der Waals surface area (Å²) >= 11 is 0. The molecule has 0 radical (unpaired) electrons. The number of nitro benzene ring substituents is 1. The van der Waals surface area contributed by atoms with E-state index < -0.39 is 4.92 Å². The van der Waals surface area contributed by atoms with E-state index in [0.717, 1.165) is 24.0 Å². The molecule has 0 spiro atoms. The average Bonchev–Trinajstić information content (AvgIpc) is 2.68. The van der Waals surface area contributed by atoms with Crippen molar-refractivity contribution in [1.29, 1.82) is 0 Å². The van der Waals surface area contributed by atoms with E-state index in [2.05, 4.69) is 0 Å². The lowest BCUT2D eigenvalue weighted by Crippen LogP contribution is -2.03. The molecular formula is C18H15NO3. The summed E-state index contributed by atoms with van der Waals surface area (Å²) in [7, 11) is 0. The second-order valence-electron chi connectivity index (χ2n) is 5.36. The standard InChI is InChI=1S/C18H15NO3/c20-18-15(8-4-7-14-6-1-2-10-17(14)18)11-13-5-3-9-16(12-13)19(21)22/h1-3,5-6,9-12H,4,7-8H2/b15-11-. The number of fused-ring (bicyclic) bond motifs is 1. The van der Waals surface area contributed by atoms with Gasteiger partial charge in [0.1, 0.15) is 0 Å². The number of aryl methyl sites for hydroxylation is 1. The van der Waals surface area contributed by atoms with Gasteiger partial charge in [-0.1, -0.05) is 36.4 Å². The fourth-order valence-electron chi connectivity index (χ4n) is 2.78. The van der Waals surface area contributed by atoms with Gasteiger partial charge in [0.15, 0.2) is 5.78 Å². The number of carbonyl (C=O) groups is 1. The number of ketones is 1. The summed E-state index contributed by atoms with van der Waals surface area (Å²) in [5, 5.41) is 10.8. The lowest BCUT2D eigenvalue weighted by molar-refractivity contribution is -0.384. The molecule has 4 heteroatoms. The van der Waals surface area contributed by atoms with Gasteiger partial charge in [0, 0.05) is 23.3 Å². The molecule has 110 valence electrons. The third-order valence-electron chi connectivity index (χ3n) is 3.87. The van der Waals surface area contributed by atoms with Crippen molar-refractivity contribution in [2.45, 2.75) is 19.3 Å². The van der Waals surface area contributed by atoms with Crippen LogP contribution in [0.4, 0.5) is 5.69 Å². The second-order valence-corrected chi connectivity index (χ2v) is 5.36. The number of rotatable bonds is 2. The molecule has 0 saturated heterocycles. The van der Waals surface area contributed by atoms with Crippen LogP contribution in [0.5, 0.6) is 0 Å². The van der Waals surface area contributed by atoms with Gasteiger partial charge in [-0.15, -0.1) is 0 Å². The quantitative estimate of drug-likeness (QED) is 0.361. The van der Waals surface area contributed by atoms with Crippen LogP contribution in [0.15, 0.2) is 54.1 Å². The molecule has 3 rings (SSSR count). The Morgan fingerprint density at radius 2 is 1.86 bits per heavy atom. The third-order valence-corrected chi connectivity index (χ3v) is 3.87. The van der Waals surface area contributed by atoms with Crippen molar-refractivity contribution < 1.29 is 9.72 Å². The zero-order chi connectivity index (χ0) is 15.5. The molecule has 1 aliphatic rings. The summed E-state index contributed by atoms with van der Waals surface area (Å²) in [6.45, 7) is 0. The highest BCUT2D eigenvalue weighted by atomic mass is 16.6. The normalized spacial score (nSPS) is 16.2. The first kappa shape index (κ1) is 14.2. The Balaban J connectivity index is 1.99. The minimum Gasteiger partial charge on any atom is -0.289 e. The molecule has 4 nitrogen and oxygen atoms in total. The minimum absolute atomic E-state index is 0.0274. The van der Waals surface area contributed by atoms with Crippen LogP contribution in [0, 0.1) is 10.1 Å². The maximum atomic E-state index is 12.7. The number of allylic oxidation sites excluding steroid dienone is 1. The van der Waals surface area contributed by atoms with E-state index in [1.807, 2.05) is 24.3 Å². The molecule has 0 fully saturated rings. The summed E-state index contributed by atoms with van der Waals surface area (Å²) < 4.78 is 0. The van der Waals surface area contributed by atoms with Crippen molar-refractivity contribution in [2.24, 2.45) is 0 Å². The van der Waals surface area contributed by atoms with Crippen molar-refractivity contribution in [2.75, 3.05) is 0 Å². The number of hydrogen-bond acceptors (Lipinski definition) is 3. The predicted molar refractivity (Wildman–Crippen MR) is 84.8 cm³/mol. The fraction of sp³-hybridized carbons (Fsp3) is 0.167. The molecule has 0 saturated carbocycles. The first-order valence-corrected chi connectivity index (χ1v) is 7.23. The number of non-ortho nitro benzene ring substituents is 1. The van der Waals surface area contributed by atoms with E-state index in [1.165, 1.54) is 12.1 Å². The fourth-order valence-corrected chi connectivity index (χ4v) is 2.78. The lowest BCUT2D eigenvalue weighted by Gasteiger charge is -2.05. The zero-order valence-corrected chi connectivity index (χ0v) is 12.0. The number of nitrogens with zero attached hydrogens (tertiary/aromatic N) is 1. The van der Waals surface area contributed by atoms with Crippen LogP contribution in [0.1, 0.15) is 34.3 Å². The van der Waals surface area contributed by atoms with E-state index in [9.17, 15) is 14.9 Å². The summed E-state index contributed by atoms with van der Waals surface area (Å²) in [5.41, 5.74) is 3.27. The van der Waals surface area contributed by atoms with Gasteiger partial charge in [-0.05, 0) is 36.5 Å². The smallest absolute Gasteiger partial charge is 0.270 e. The van der Waals surface area contributed by atoms with E-state index in [0.29, 0.717) is 17.6 Å². The van der Waals surface area contributed by atoms with Crippen LogP contribution in [0.25, 0.3) is 6.08 Å². The van der Waals surface area contributed by atoms with Crippen LogP contribution in [-0.4, -0.2) is 10.7 Å². The van der Waals surface area contributed by atoms with Gasteiger partial charge in [-0.3, -0.25) is 14.9 Å². The van der Waals surface area contributed by atoms with Gasteiger partial charge in [-0.25, -0.2) is 0 Å². The first-order chi connectivity index (χ1) is 10.6. The summed E-state index contributed by atoms with van der Waals surface area (Å²) in [6.07, 6.45) is 4.26. The summed E-state index contributed by atoms with van der Waals surface area (Å²) in [5.74, 6) is 0.0274. The SMILES string of the molecule is O=C1/C(=C\c2cccc([N+](=O)[O-])c2)CCCc2ccccc21. The molecule has 2 aromatic carbocycles. The Kier molecular flexibility index (Phi) is 3.83. The molecule has 0 atom stereocenters. The molecule has 1 aliphatic carbocycles. The summed E-state index contributed by atoms with van der Waals surface area (Å²) in [4.78, 5) is 23.1. The largest absolute Gasteiger partial charge is 0.289 e. The number of carbonyl (C=O) groups excluding carboxylic acids is 1. The van der Waals surface area contributed by atoms with Crippen molar-refractivity contribution >= 4 is 17.5 Å². The van der Waals surface area contributed by atoms with Crippen molar-refractivity contribution in [3.63, 3.8) is 0 Å². The molecule has 0 heterocycles. The van der Waals surface area contributed by atoms with E-state index >= 15 is 0 Å². The van der Waals surface area contributed by atoms with Gasteiger partial charge < -0.3 is 0 Å². The molecule has 0 amide bonds. The highest BCUT2D eigenvalue weighted by molar-refractivity contribution is 6.12. The Hall–Kier alpha value is -2.75. The third kappa shape index (κ3) is 2.81. The number of Topliss-reactive ketones (excluding diaryl/α,β-unsaturated/α-hetero) is 1. The van der Waals surface area contributed by atoms with E-state index in [4.69, 9.17) is 0 Å². The molecule has 0 bridgehead atoms. The van der Waals surface area contributed by atoms with E-state index in [1.54, 1.807) is 18.2 Å². The number of hydrogen-bond donors (Lipinski definition) is 0. The maximum Gasteiger partial charge on any atom is 0.270 e. The molecule has 0 unspecified atom stereocenters. The van der Waals surface area contributed by atoms with E-state index in [-0.39, 0.29) is 11.5 Å². The number of nitro groups is 1. The van der Waals surface area contributed by atoms with Gasteiger partial charge >= 0.3 is 0 Å². The van der Waals surface area contributed by atoms with Crippen LogP contribution >= 0.6 is 0 Å². The Labute approximate surface area is 128 Å². The van der Waals surface area contributed by atoms with Gasteiger partial charge in [-0.2, -0.15) is 0 Å². The topological polar surface area (TPSA) is 60.2 Å². The molecule has 0 N–H and O–H groups in total. The molecule has 0 aromatic heterocycles. The Morgan fingerprint density at radius 3 is 2.68 bits per heavy atom. The van der Waals surface area contributed by atoms with Crippen LogP contribution in [0.2, 0.25) is 0 Å². The Morgan fingerprint density at radius 1 is 1.05 bits per heavy atom. The minimum atomic E-state index is -0.424. The first-order valence-electron chi connectivity index (χ1n) is 7.23. The zero-order valence-electron chi connectivity index (χ0n) is 12.0. The van der Waals surface area contributed by atoms with Gasteiger partial charge in [0.2, 0.25) is 0 Å². The predicted octanol–water partition coefficient (Wildman–Crippen LogP) is 4.20. The van der Waals surface area contributed by atoms with Crippen LogP contribution < -0.4 is 0 Å². The second kappa shape index (κ2) is 5.93. The highest BCUT2D eigenvalue weighted by Crippen LogP contribution is 2.26. The lowest BCUT2D eigenvalue weighted by atomic mass is 9.98. The maximum absolute atomic E-state index is 12.7. The van der Waals surface area contributed by atoms with Gasteiger partial charge in [0.05, 0.1) is 4.92 Å². The van der Waals surface area contributed by atoms with Crippen molar-refractivity contribution in [1.82, 2.24) is 0 Å². The summed E-state index contributed by atoms with van der Waals surface area (Å²) in [6, 6.07) is 14.0. The highest BCUT2D eigenvalue weighted by Gasteiger charge is 2.19. The molecule has 22 heavy (non-hydrogen) atoms. The Bertz CT molecular complexity index is 777. The molecular weight excluding hydrogens is 278 g/mol. The average molecular weight is 293 g/mol. The molecule has 0 aliphatic heterocycles. The molecule has 2 aromatic rings. The van der Waals surface area contributed by atoms with Crippen LogP contribution in [-0.2, 0) is 6.42 Å². The van der Waals surface area contributed by atoms with Crippen LogP contribution in [0.3, 0.4) is 0 Å².